The number of para-hydroxylation sites is 2. The fourth-order valence-corrected chi connectivity index (χ4v) is 2.14. The zero-order chi connectivity index (χ0) is 12.8. The molecule has 2 amide bonds. The van der Waals surface area contributed by atoms with Crippen LogP contribution in [0.1, 0.15) is 4.88 Å². The molecule has 0 radical (unpaired) electrons. The van der Waals surface area contributed by atoms with Gasteiger partial charge in [-0.05, 0) is 23.6 Å². The molecule has 0 saturated heterocycles. The molecule has 0 unspecified atom stereocenters. The number of ether oxygens (including phenoxy) is 1. The summed E-state index contributed by atoms with van der Waals surface area (Å²) in [6.07, 6.45) is 0. The van der Waals surface area contributed by atoms with Gasteiger partial charge in [0.1, 0.15) is 5.75 Å². The Morgan fingerprint density at radius 1 is 1.28 bits per heavy atom. The molecule has 0 aliphatic heterocycles. The number of urea groups is 1. The molecular formula is C13H14N2O2S. The summed E-state index contributed by atoms with van der Waals surface area (Å²) in [6, 6.07) is 11.0. The van der Waals surface area contributed by atoms with Crippen molar-refractivity contribution in [2.75, 3.05) is 12.4 Å². The van der Waals surface area contributed by atoms with Gasteiger partial charge in [-0.25, -0.2) is 4.79 Å². The number of amides is 2. The topological polar surface area (TPSA) is 50.4 Å². The molecule has 0 spiro atoms. The molecule has 4 nitrogen and oxygen atoms in total. The van der Waals surface area contributed by atoms with Gasteiger partial charge in [-0.2, -0.15) is 0 Å². The highest BCUT2D eigenvalue weighted by atomic mass is 32.1. The molecule has 0 saturated carbocycles. The number of hydrogen-bond acceptors (Lipinski definition) is 3. The first kappa shape index (κ1) is 12.4. The second kappa shape index (κ2) is 6.07. The average Bonchev–Trinajstić information content (AvgIpc) is 2.90. The summed E-state index contributed by atoms with van der Waals surface area (Å²) in [7, 11) is 1.57. The van der Waals surface area contributed by atoms with E-state index in [2.05, 4.69) is 10.6 Å². The quantitative estimate of drug-likeness (QED) is 0.889. The standard InChI is InChI=1S/C13H14N2O2S/c1-17-12-7-3-2-6-11(12)15-13(16)14-9-10-5-4-8-18-10/h2-8H,9H2,1H3,(H2,14,15,16). The van der Waals surface area contributed by atoms with Crippen molar-refractivity contribution in [2.45, 2.75) is 6.54 Å². The van der Waals surface area contributed by atoms with Crippen LogP contribution in [0.25, 0.3) is 0 Å². The van der Waals surface area contributed by atoms with Crippen LogP contribution in [0.15, 0.2) is 41.8 Å². The molecule has 1 aromatic carbocycles. The van der Waals surface area contributed by atoms with E-state index in [4.69, 9.17) is 4.74 Å². The van der Waals surface area contributed by atoms with E-state index < -0.39 is 0 Å². The van der Waals surface area contributed by atoms with Gasteiger partial charge >= 0.3 is 6.03 Å². The molecule has 94 valence electrons. The van der Waals surface area contributed by atoms with E-state index in [-0.39, 0.29) is 6.03 Å². The number of benzene rings is 1. The minimum absolute atomic E-state index is 0.243. The van der Waals surface area contributed by atoms with Crippen LogP contribution in [0.2, 0.25) is 0 Å². The lowest BCUT2D eigenvalue weighted by molar-refractivity contribution is 0.251. The van der Waals surface area contributed by atoms with Gasteiger partial charge in [0.25, 0.3) is 0 Å². The van der Waals surface area contributed by atoms with E-state index in [1.54, 1.807) is 30.6 Å². The number of carbonyl (C=O) groups excluding carboxylic acids is 1. The first-order chi connectivity index (χ1) is 8.79. The van der Waals surface area contributed by atoms with Gasteiger partial charge in [0, 0.05) is 4.88 Å². The Morgan fingerprint density at radius 2 is 2.11 bits per heavy atom. The van der Waals surface area contributed by atoms with Crippen LogP contribution in [-0.4, -0.2) is 13.1 Å². The van der Waals surface area contributed by atoms with Crippen molar-refractivity contribution in [3.8, 4) is 5.75 Å². The maximum atomic E-state index is 11.7. The van der Waals surface area contributed by atoms with Gasteiger partial charge in [-0.3, -0.25) is 0 Å². The molecule has 0 aliphatic carbocycles. The minimum Gasteiger partial charge on any atom is -0.495 e. The zero-order valence-electron chi connectivity index (χ0n) is 9.97. The number of hydrogen-bond donors (Lipinski definition) is 2. The lowest BCUT2D eigenvalue weighted by atomic mass is 10.3. The third kappa shape index (κ3) is 3.24. The Morgan fingerprint density at radius 3 is 2.83 bits per heavy atom. The van der Waals surface area contributed by atoms with E-state index in [0.29, 0.717) is 18.0 Å². The van der Waals surface area contributed by atoms with Crippen molar-refractivity contribution >= 4 is 23.1 Å². The lowest BCUT2D eigenvalue weighted by Gasteiger charge is -2.10. The summed E-state index contributed by atoms with van der Waals surface area (Å²) in [6.45, 7) is 0.526. The molecule has 1 heterocycles. The van der Waals surface area contributed by atoms with E-state index in [9.17, 15) is 4.79 Å². The number of rotatable bonds is 4. The number of methoxy groups -OCH3 is 1. The van der Waals surface area contributed by atoms with E-state index in [1.807, 2.05) is 29.6 Å². The highest BCUT2D eigenvalue weighted by Gasteiger charge is 2.06. The number of anilines is 1. The third-order valence-electron chi connectivity index (χ3n) is 2.36. The summed E-state index contributed by atoms with van der Waals surface area (Å²) < 4.78 is 5.16. The van der Waals surface area contributed by atoms with Crippen LogP contribution in [-0.2, 0) is 6.54 Å². The minimum atomic E-state index is -0.243. The highest BCUT2D eigenvalue weighted by molar-refractivity contribution is 7.09. The van der Waals surface area contributed by atoms with Crippen LogP contribution in [0, 0.1) is 0 Å². The highest BCUT2D eigenvalue weighted by Crippen LogP contribution is 2.22. The van der Waals surface area contributed by atoms with E-state index in [0.717, 1.165) is 4.88 Å². The van der Waals surface area contributed by atoms with E-state index >= 15 is 0 Å². The second-order valence-corrected chi connectivity index (χ2v) is 4.62. The summed E-state index contributed by atoms with van der Waals surface area (Å²) in [4.78, 5) is 12.8. The molecule has 0 aliphatic rings. The lowest BCUT2D eigenvalue weighted by Crippen LogP contribution is -2.28. The predicted molar refractivity (Wildman–Crippen MR) is 73.2 cm³/mol. The molecule has 1 aromatic heterocycles. The maximum Gasteiger partial charge on any atom is 0.319 e. The Hall–Kier alpha value is -2.01. The zero-order valence-corrected chi connectivity index (χ0v) is 10.8. The average molecular weight is 262 g/mol. The largest absolute Gasteiger partial charge is 0.495 e. The number of carbonyl (C=O) groups is 1. The van der Waals surface area contributed by atoms with E-state index in [1.165, 1.54) is 0 Å². The van der Waals surface area contributed by atoms with Crippen LogP contribution < -0.4 is 15.4 Å². The van der Waals surface area contributed by atoms with Crippen molar-refractivity contribution in [1.82, 2.24) is 5.32 Å². The van der Waals surface area contributed by atoms with Crippen molar-refractivity contribution in [2.24, 2.45) is 0 Å². The third-order valence-corrected chi connectivity index (χ3v) is 3.23. The second-order valence-electron chi connectivity index (χ2n) is 3.59. The molecule has 2 aromatic rings. The summed E-state index contributed by atoms with van der Waals surface area (Å²) >= 11 is 1.61. The maximum absolute atomic E-state index is 11.7. The van der Waals surface area contributed by atoms with Gasteiger partial charge in [-0.15, -0.1) is 11.3 Å². The fourth-order valence-electron chi connectivity index (χ4n) is 1.49. The first-order valence-electron chi connectivity index (χ1n) is 5.50. The predicted octanol–water partition coefficient (Wildman–Crippen LogP) is 3.08. The monoisotopic (exact) mass is 262 g/mol. The van der Waals surface area contributed by atoms with Crippen LogP contribution in [0.4, 0.5) is 10.5 Å². The molecule has 0 atom stereocenters. The van der Waals surface area contributed by atoms with Gasteiger partial charge in [0.15, 0.2) is 0 Å². The molecular weight excluding hydrogens is 248 g/mol. The molecule has 2 N–H and O–H groups in total. The van der Waals surface area contributed by atoms with Crippen molar-refractivity contribution in [1.29, 1.82) is 0 Å². The first-order valence-corrected chi connectivity index (χ1v) is 6.38. The molecule has 0 fully saturated rings. The Bertz CT molecular complexity index is 511. The Labute approximate surface area is 110 Å². The molecule has 0 bridgehead atoms. The smallest absolute Gasteiger partial charge is 0.319 e. The van der Waals surface area contributed by atoms with Crippen molar-refractivity contribution in [3.63, 3.8) is 0 Å². The summed E-state index contributed by atoms with van der Waals surface area (Å²) in [5.74, 6) is 0.642. The number of nitrogens with one attached hydrogen (secondary N) is 2. The normalized spacial score (nSPS) is 9.83. The molecule has 5 heteroatoms. The van der Waals surface area contributed by atoms with Gasteiger partial charge in [0.2, 0.25) is 0 Å². The summed E-state index contributed by atoms with van der Waals surface area (Å²) in [5.41, 5.74) is 0.656. The SMILES string of the molecule is COc1ccccc1NC(=O)NCc1cccs1. The van der Waals surface area contributed by atoms with Gasteiger partial charge < -0.3 is 15.4 Å². The van der Waals surface area contributed by atoms with Crippen LogP contribution in [0.5, 0.6) is 5.75 Å². The molecule has 2 rings (SSSR count). The van der Waals surface area contributed by atoms with Gasteiger partial charge in [0.05, 0.1) is 19.3 Å². The van der Waals surface area contributed by atoms with Crippen LogP contribution >= 0.6 is 11.3 Å². The summed E-state index contributed by atoms with van der Waals surface area (Å²) in [5, 5.41) is 7.52. The fraction of sp³-hybridized carbons (Fsp3) is 0.154. The van der Waals surface area contributed by atoms with Crippen molar-refractivity contribution < 1.29 is 9.53 Å². The van der Waals surface area contributed by atoms with Crippen molar-refractivity contribution in [3.05, 3.63) is 46.7 Å². The Balaban J connectivity index is 1.90. The van der Waals surface area contributed by atoms with Crippen LogP contribution in [0.3, 0.4) is 0 Å². The van der Waals surface area contributed by atoms with Gasteiger partial charge in [-0.1, -0.05) is 18.2 Å². The Kier molecular flexibility index (Phi) is 4.20. The molecule has 18 heavy (non-hydrogen) atoms. The number of thiophene rings is 1.